The number of carboxylic acid groups (broad SMARTS) is 1. The Morgan fingerprint density at radius 3 is 2.74 bits per heavy atom. The Labute approximate surface area is 199 Å². The number of alkyl carbamates (subject to hydrolysis) is 1. The van der Waals surface area contributed by atoms with Gasteiger partial charge in [-0.25, -0.2) is 14.5 Å². The van der Waals surface area contributed by atoms with Gasteiger partial charge in [0.15, 0.2) is 0 Å². The van der Waals surface area contributed by atoms with Crippen molar-refractivity contribution in [3.05, 3.63) is 23.5 Å². The molecule has 0 aromatic carbocycles. The van der Waals surface area contributed by atoms with Crippen molar-refractivity contribution in [2.45, 2.75) is 71.6 Å². The second kappa shape index (κ2) is 9.99. The number of nitrogens with zero attached hydrogens (tertiary/aromatic N) is 4. The number of aromatic nitrogens is 4. The van der Waals surface area contributed by atoms with Crippen LogP contribution in [0.15, 0.2) is 12.1 Å². The fraction of sp³-hybridized carbons (Fsp3) is 0.625. The number of rotatable bonds is 8. The Morgan fingerprint density at radius 1 is 1.29 bits per heavy atom. The van der Waals surface area contributed by atoms with E-state index >= 15 is 0 Å². The zero-order valence-electron chi connectivity index (χ0n) is 20.2. The molecule has 34 heavy (non-hydrogen) atoms. The molecular weight excluding hydrogens is 438 g/mol. The van der Waals surface area contributed by atoms with Gasteiger partial charge in [0.2, 0.25) is 0 Å². The van der Waals surface area contributed by atoms with E-state index in [0.717, 1.165) is 19.3 Å². The number of aliphatic carboxylic acids is 1. The fourth-order valence-corrected chi connectivity index (χ4v) is 4.71. The number of hydrogen-bond donors (Lipinski definition) is 2. The van der Waals surface area contributed by atoms with Crippen LogP contribution in [0.3, 0.4) is 0 Å². The maximum absolute atomic E-state index is 12.2. The van der Waals surface area contributed by atoms with Crippen molar-refractivity contribution in [1.82, 2.24) is 25.3 Å². The third-order valence-electron chi connectivity index (χ3n) is 6.99. The highest BCUT2D eigenvalue weighted by molar-refractivity contribution is 5.70. The number of amides is 1. The molecule has 2 aliphatic rings. The third kappa shape index (κ3) is 5.48. The van der Waals surface area contributed by atoms with Crippen LogP contribution in [0.1, 0.15) is 57.3 Å². The SMILES string of the molecule is Cc1nc(-c2nnn(C)c2COC(=O)NC(C)[C@@H]2C[C@H]2C)ccc1O[C@H]1CCC[C@H](C(=O)O)C1. The number of carboxylic acids is 1. The predicted molar refractivity (Wildman–Crippen MR) is 123 cm³/mol. The Hall–Kier alpha value is -3.17. The summed E-state index contributed by atoms with van der Waals surface area (Å²) in [5, 5.41) is 20.5. The van der Waals surface area contributed by atoms with E-state index < -0.39 is 12.1 Å². The molecule has 5 atom stereocenters. The maximum atomic E-state index is 12.2. The highest BCUT2D eigenvalue weighted by atomic mass is 16.5. The van der Waals surface area contributed by atoms with Crippen molar-refractivity contribution in [1.29, 1.82) is 0 Å². The van der Waals surface area contributed by atoms with Crippen LogP contribution < -0.4 is 10.1 Å². The van der Waals surface area contributed by atoms with Gasteiger partial charge in [0.05, 0.1) is 23.4 Å². The second-order valence-corrected chi connectivity index (χ2v) is 9.62. The van der Waals surface area contributed by atoms with Crippen molar-refractivity contribution in [2.75, 3.05) is 0 Å². The molecule has 2 saturated carbocycles. The first-order chi connectivity index (χ1) is 16.2. The quantitative estimate of drug-likeness (QED) is 0.599. The average Bonchev–Trinajstić information content (AvgIpc) is 3.42. The average molecular weight is 472 g/mol. The topological polar surface area (TPSA) is 128 Å². The van der Waals surface area contributed by atoms with Gasteiger partial charge in [-0.3, -0.25) is 4.79 Å². The molecule has 2 heterocycles. The lowest BCUT2D eigenvalue weighted by Gasteiger charge is -2.27. The van der Waals surface area contributed by atoms with Gasteiger partial charge in [0.25, 0.3) is 0 Å². The minimum absolute atomic E-state index is 0.0231. The van der Waals surface area contributed by atoms with E-state index in [2.05, 4.69) is 27.5 Å². The Morgan fingerprint density at radius 2 is 2.06 bits per heavy atom. The van der Waals surface area contributed by atoms with Gasteiger partial charge in [-0.15, -0.1) is 5.10 Å². The van der Waals surface area contributed by atoms with E-state index in [-0.39, 0.29) is 24.7 Å². The van der Waals surface area contributed by atoms with E-state index in [1.165, 1.54) is 0 Å². The number of carbonyl (C=O) groups excluding carboxylic acids is 1. The molecule has 2 N–H and O–H groups in total. The van der Waals surface area contributed by atoms with Gasteiger partial charge in [-0.2, -0.15) is 0 Å². The van der Waals surface area contributed by atoms with Crippen molar-refractivity contribution in [3.8, 4) is 17.1 Å². The van der Waals surface area contributed by atoms with Crippen molar-refractivity contribution >= 4 is 12.1 Å². The molecule has 2 aromatic heterocycles. The van der Waals surface area contributed by atoms with E-state index in [4.69, 9.17) is 9.47 Å². The van der Waals surface area contributed by atoms with Crippen LogP contribution in [0.4, 0.5) is 4.79 Å². The molecule has 0 bridgehead atoms. The minimum atomic E-state index is -0.763. The first kappa shape index (κ1) is 24.0. The Kier molecular flexibility index (Phi) is 7.04. The lowest BCUT2D eigenvalue weighted by atomic mass is 9.87. The summed E-state index contributed by atoms with van der Waals surface area (Å²) in [6.45, 7) is 6.04. The van der Waals surface area contributed by atoms with Gasteiger partial charge in [0, 0.05) is 13.1 Å². The maximum Gasteiger partial charge on any atom is 0.407 e. The molecule has 1 unspecified atom stereocenters. The molecule has 2 fully saturated rings. The van der Waals surface area contributed by atoms with Crippen molar-refractivity contribution in [3.63, 3.8) is 0 Å². The molecule has 0 radical (unpaired) electrons. The summed E-state index contributed by atoms with van der Waals surface area (Å²) in [5.41, 5.74) is 2.46. The molecule has 10 nitrogen and oxygen atoms in total. The molecule has 10 heteroatoms. The van der Waals surface area contributed by atoms with Gasteiger partial charge in [-0.05, 0) is 69.9 Å². The largest absolute Gasteiger partial charge is 0.489 e. The first-order valence-electron chi connectivity index (χ1n) is 11.9. The number of aryl methyl sites for hydroxylation is 2. The molecule has 2 aromatic rings. The van der Waals surface area contributed by atoms with Crippen molar-refractivity contribution < 1.29 is 24.2 Å². The molecule has 0 spiro atoms. The number of nitrogens with one attached hydrogen (secondary N) is 1. The normalized spacial score (nSPS) is 24.8. The zero-order chi connectivity index (χ0) is 24.4. The first-order valence-corrected chi connectivity index (χ1v) is 11.9. The lowest BCUT2D eigenvalue weighted by Crippen LogP contribution is -2.35. The van der Waals surface area contributed by atoms with Gasteiger partial charge >= 0.3 is 12.1 Å². The summed E-state index contributed by atoms with van der Waals surface area (Å²) in [6, 6.07) is 3.70. The van der Waals surface area contributed by atoms with Crippen LogP contribution in [-0.2, 0) is 23.2 Å². The fourth-order valence-electron chi connectivity index (χ4n) is 4.71. The molecule has 4 rings (SSSR count). The van der Waals surface area contributed by atoms with Crippen LogP contribution in [0, 0.1) is 24.7 Å². The van der Waals surface area contributed by atoms with E-state index in [1.54, 1.807) is 17.8 Å². The van der Waals surface area contributed by atoms with Crippen LogP contribution in [0.5, 0.6) is 5.75 Å². The number of carbonyl (C=O) groups is 2. The molecule has 184 valence electrons. The summed E-state index contributed by atoms with van der Waals surface area (Å²) in [7, 11) is 1.74. The molecule has 0 aliphatic heterocycles. The lowest BCUT2D eigenvalue weighted by molar-refractivity contribution is -0.143. The highest BCUT2D eigenvalue weighted by Gasteiger charge is 2.38. The number of pyridine rings is 1. The van der Waals surface area contributed by atoms with Crippen LogP contribution in [0.25, 0.3) is 11.4 Å². The highest BCUT2D eigenvalue weighted by Crippen LogP contribution is 2.40. The zero-order valence-corrected chi connectivity index (χ0v) is 20.2. The van der Waals surface area contributed by atoms with Gasteiger partial charge < -0.3 is 19.9 Å². The smallest absolute Gasteiger partial charge is 0.407 e. The standard InChI is InChI=1S/C24H33N5O5/c1-13-10-18(13)14(2)26-24(32)33-12-20-22(27-28-29(20)4)19-8-9-21(15(3)25-19)34-17-7-5-6-16(11-17)23(30)31/h8-9,13-14,16-18H,5-7,10-12H2,1-4H3,(H,26,32)(H,30,31)/t13-,14?,16+,17+,18-/m1/s1. The van der Waals surface area contributed by atoms with E-state index in [1.807, 2.05) is 19.9 Å². The summed E-state index contributed by atoms with van der Waals surface area (Å²) in [4.78, 5) is 28.2. The van der Waals surface area contributed by atoms with Crippen LogP contribution in [0.2, 0.25) is 0 Å². The number of hydrogen-bond acceptors (Lipinski definition) is 7. The second-order valence-electron chi connectivity index (χ2n) is 9.62. The van der Waals surface area contributed by atoms with Crippen molar-refractivity contribution in [2.24, 2.45) is 24.8 Å². The number of ether oxygens (including phenoxy) is 2. The molecule has 2 aliphatic carbocycles. The molecule has 0 saturated heterocycles. The Bertz CT molecular complexity index is 1050. The summed E-state index contributed by atoms with van der Waals surface area (Å²) in [5.74, 6) is 0.658. The summed E-state index contributed by atoms with van der Waals surface area (Å²) < 4.78 is 13.1. The monoisotopic (exact) mass is 471 g/mol. The summed E-state index contributed by atoms with van der Waals surface area (Å²) in [6.07, 6.45) is 3.39. The third-order valence-corrected chi connectivity index (χ3v) is 6.99. The molecular formula is C24H33N5O5. The van der Waals surface area contributed by atoms with E-state index in [0.29, 0.717) is 53.2 Å². The van der Waals surface area contributed by atoms with Crippen LogP contribution >= 0.6 is 0 Å². The van der Waals surface area contributed by atoms with E-state index in [9.17, 15) is 14.7 Å². The predicted octanol–water partition coefficient (Wildman–Crippen LogP) is 3.48. The Balaban J connectivity index is 1.40. The summed E-state index contributed by atoms with van der Waals surface area (Å²) >= 11 is 0. The minimum Gasteiger partial charge on any atom is -0.489 e. The van der Waals surface area contributed by atoms with Gasteiger partial charge in [0.1, 0.15) is 23.7 Å². The molecule has 1 amide bonds. The van der Waals surface area contributed by atoms with Crippen LogP contribution in [-0.4, -0.2) is 49.3 Å². The van der Waals surface area contributed by atoms with Gasteiger partial charge in [-0.1, -0.05) is 12.1 Å².